The van der Waals surface area contributed by atoms with Crippen LogP contribution in [-0.4, -0.2) is 12.1 Å². The van der Waals surface area contributed by atoms with E-state index in [-0.39, 0.29) is 0 Å². The summed E-state index contributed by atoms with van der Waals surface area (Å²) in [5, 5.41) is 0. The molecule has 3 saturated carbocycles. The highest BCUT2D eigenvalue weighted by Gasteiger charge is 2.58. The Bertz CT molecular complexity index is 903. The van der Waals surface area contributed by atoms with Crippen LogP contribution in [0.4, 0.5) is 0 Å². The minimum absolute atomic E-state index is 0.318. The number of aryl methyl sites for hydroxylation is 1. The maximum atomic E-state index is 6.12. The van der Waals surface area contributed by atoms with Gasteiger partial charge in [0.1, 0.15) is 11.3 Å². The molecule has 24 heavy (non-hydrogen) atoms. The van der Waals surface area contributed by atoms with Gasteiger partial charge in [-0.05, 0) is 72.9 Å². The molecule has 3 fully saturated rings. The van der Waals surface area contributed by atoms with Crippen LogP contribution in [0.15, 0.2) is 46.9 Å². The zero-order chi connectivity index (χ0) is 16.3. The molecule has 0 saturated heterocycles. The van der Waals surface area contributed by atoms with Crippen molar-refractivity contribution in [3.05, 3.63) is 59.5 Å². The van der Waals surface area contributed by atoms with Gasteiger partial charge in [0.2, 0.25) is 0 Å². The Morgan fingerprint density at radius 3 is 2.62 bits per heavy atom. The lowest BCUT2D eigenvalue weighted by molar-refractivity contribution is 0.233. The third-order valence-corrected chi connectivity index (χ3v) is 6.07. The van der Waals surface area contributed by atoms with Crippen molar-refractivity contribution in [1.82, 2.24) is 4.98 Å². The Kier molecular flexibility index (Phi) is 2.85. The maximum absolute atomic E-state index is 6.12. The van der Waals surface area contributed by atoms with Crippen molar-refractivity contribution in [2.24, 2.45) is 5.92 Å². The van der Waals surface area contributed by atoms with Crippen LogP contribution in [0.3, 0.4) is 0 Å². The molecule has 0 spiro atoms. The predicted octanol–water partition coefficient (Wildman–Crippen LogP) is 4.98. The number of methoxy groups -OCH3 is 1. The average Bonchev–Trinajstić information content (AvgIpc) is 3.24. The third-order valence-electron chi connectivity index (χ3n) is 6.07. The summed E-state index contributed by atoms with van der Waals surface area (Å²) in [6, 6.07) is 14.9. The van der Waals surface area contributed by atoms with Crippen molar-refractivity contribution in [1.29, 1.82) is 0 Å². The molecule has 122 valence electrons. The van der Waals surface area contributed by atoms with Crippen molar-refractivity contribution in [3.63, 3.8) is 0 Å². The highest BCUT2D eigenvalue weighted by atomic mass is 16.5. The fraction of sp³-hybridized carbons (Fsp3) is 0.381. The van der Waals surface area contributed by atoms with E-state index in [4.69, 9.17) is 14.1 Å². The first-order chi connectivity index (χ1) is 11.7. The molecule has 0 amide bonds. The van der Waals surface area contributed by atoms with Crippen LogP contribution in [0.1, 0.15) is 42.2 Å². The van der Waals surface area contributed by atoms with E-state index < -0.39 is 0 Å². The predicted molar refractivity (Wildman–Crippen MR) is 93.5 cm³/mol. The fourth-order valence-corrected chi connectivity index (χ4v) is 4.78. The molecule has 0 aliphatic heterocycles. The second-order valence-corrected chi connectivity index (χ2v) is 7.51. The summed E-state index contributed by atoms with van der Waals surface area (Å²) >= 11 is 0. The number of aromatic nitrogens is 1. The molecule has 1 aromatic heterocycles. The normalized spacial score (nSPS) is 28.1. The number of ether oxygens (including phenoxy) is 1. The fourth-order valence-electron chi connectivity index (χ4n) is 4.78. The Morgan fingerprint density at radius 1 is 1.08 bits per heavy atom. The van der Waals surface area contributed by atoms with Crippen LogP contribution in [0.5, 0.6) is 5.75 Å². The second-order valence-electron chi connectivity index (χ2n) is 7.51. The highest BCUT2D eigenvalue weighted by Crippen LogP contribution is 2.65. The summed E-state index contributed by atoms with van der Waals surface area (Å²) in [4.78, 5) is 4.78. The molecule has 6 rings (SSSR count). The molecule has 1 heterocycles. The summed E-state index contributed by atoms with van der Waals surface area (Å²) in [6.45, 7) is 2.09. The molecule has 1 unspecified atom stereocenters. The SMILES string of the molecule is COc1ccc(C23CC(C2)C(c2nc4ccc(C)cc4o2)C3)cc1. The van der Waals surface area contributed by atoms with Gasteiger partial charge in [0.05, 0.1) is 7.11 Å². The molecule has 0 N–H and O–H groups in total. The number of hydrogen-bond acceptors (Lipinski definition) is 3. The van der Waals surface area contributed by atoms with Gasteiger partial charge < -0.3 is 9.15 Å². The first kappa shape index (κ1) is 14.1. The van der Waals surface area contributed by atoms with Crippen molar-refractivity contribution in [2.75, 3.05) is 7.11 Å². The van der Waals surface area contributed by atoms with Gasteiger partial charge in [0.15, 0.2) is 11.5 Å². The highest BCUT2D eigenvalue weighted by molar-refractivity contribution is 5.73. The van der Waals surface area contributed by atoms with Crippen LogP contribution in [0, 0.1) is 12.8 Å². The van der Waals surface area contributed by atoms with E-state index >= 15 is 0 Å². The number of rotatable bonds is 3. The van der Waals surface area contributed by atoms with E-state index in [0.717, 1.165) is 29.2 Å². The Morgan fingerprint density at radius 2 is 1.88 bits per heavy atom. The van der Waals surface area contributed by atoms with Crippen LogP contribution >= 0.6 is 0 Å². The molecule has 3 aromatic rings. The van der Waals surface area contributed by atoms with Crippen LogP contribution < -0.4 is 4.74 Å². The molecule has 1 atom stereocenters. The second kappa shape index (κ2) is 4.85. The minimum atomic E-state index is 0.318. The number of fused-ring (bicyclic) bond motifs is 2. The van der Waals surface area contributed by atoms with Gasteiger partial charge in [-0.25, -0.2) is 4.98 Å². The molecule has 0 radical (unpaired) electrons. The maximum Gasteiger partial charge on any atom is 0.198 e. The zero-order valence-corrected chi connectivity index (χ0v) is 14.1. The van der Waals surface area contributed by atoms with Gasteiger partial charge in [-0.1, -0.05) is 18.2 Å². The Labute approximate surface area is 141 Å². The summed E-state index contributed by atoms with van der Waals surface area (Å²) < 4.78 is 11.4. The first-order valence-electron chi connectivity index (χ1n) is 8.68. The summed E-state index contributed by atoms with van der Waals surface area (Å²) in [7, 11) is 1.72. The minimum Gasteiger partial charge on any atom is -0.497 e. The molecule has 3 nitrogen and oxygen atoms in total. The molecule has 2 bridgehead atoms. The lowest BCUT2D eigenvalue weighted by Gasteiger charge is -2.39. The Balaban J connectivity index is 1.45. The molecule has 3 aliphatic rings. The standard InChI is InChI=1S/C21H21NO2/c1-13-3-8-18-19(9-13)24-20(22-18)17-12-21(10-14(17)11-21)15-4-6-16(23-2)7-5-15/h3-9,14,17H,10-12H2,1-2H3. The molecule has 3 aliphatic carbocycles. The summed E-state index contributed by atoms with van der Waals surface area (Å²) in [5.41, 5.74) is 4.88. The quantitative estimate of drug-likeness (QED) is 0.683. The molecule has 3 heteroatoms. The number of oxazole rings is 1. The van der Waals surface area contributed by atoms with Gasteiger partial charge in [0, 0.05) is 5.92 Å². The lowest BCUT2D eigenvalue weighted by Crippen LogP contribution is -2.32. The van der Waals surface area contributed by atoms with Crippen LogP contribution in [0.2, 0.25) is 0 Å². The molecular formula is C21H21NO2. The third kappa shape index (κ3) is 1.94. The summed E-state index contributed by atoms with van der Waals surface area (Å²) in [6.07, 6.45) is 3.65. The first-order valence-corrected chi connectivity index (χ1v) is 8.68. The summed E-state index contributed by atoms with van der Waals surface area (Å²) in [5.74, 6) is 3.03. The monoisotopic (exact) mass is 319 g/mol. The zero-order valence-electron chi connectivity index (χ0n) is 14.1. The van der Waals surface area contributed by atoms with Crippen molar-refractivity contribution in [3.8, 4) is 5.75 Å². The van der Waals surface area contributed by atoms with E-state index in [0.29, 0.717) is 17.3 Å². The van der Waals surface area contributed by atoms with E-state index in [1.54, 1.807) is 7.11 Å². The van der Waals surface area contributed by atoms with E-state index in [1.165, 1.54) is 24.0 Å². The number of hydrogen-bond donors (Lipinski definition) is 0. The topological polar surface area (TPSA) is 35.3 Å². The van der Waals surface area contributed by atoms with E-state index in [2.05, 4.69) is 49.4 Å². The average molecular weight is 319 g/mol. The molecule has 2 aromatic carbocycles. The smallest absolute Gasteiger partial charge is 0.198 e. The van der Waals surface area contributed by atoms with Gasteiger partial charge >= 0.3 is 0 Å². The van der Waals surface area contributed by atoms with Gasteiger partial charge in [-0.15, -0.1) is 0 Å². The van der Waals surface area contributed by atoms with Gasteiger partial charge in [-0.2, -0.15) is 0 Å². The Hall–Kier alpha value is -2.29. The largest absolute Gasteiger partial charge is 0.497 e. The van der Waals surface area contributed by atoms with E-state index in [1.807, 2.05) is 0 Å². The van der Waals surface area contributed by atoms with E-state index in [9.17, 15) is 0 Å². The van der Waals surface area contributed by atoms with Crippen LogP contribution in [-0.2, 0) is 5.41 Å². The number of nitrogens with zero attached hydrogens (tertiary/aromatic N) is 1. The van der Waals surface area contributed by atoms with Gasteiger partial charge in [0.25, 0.3) is 0 Å². The van der Waals surface area contributed by atoms with Crippen molar-refractivity contribution >= 4 is 11.1 Å². The van der Waals surface area contributed by atoms with Crippen molar-refractivity contribution in [2.45, 2.75) is 37.5 Å². The van der Waals surface area contributed by atoms with Crippen LogP contribution in [0.25, 0.3) is 11.1 Å². The lowest BCUT2D eigenvalue weighted by atomic mass is 9.65. The van der Waals surface area contributed by atoms with Gasteiger partial charge in [-0.3, -0.25) is 0 Å². The van der Waals surface area contributed by atoms with Crippen molar-refractivity contribution < 1.29 is 9.15 Å². The number of benzene rings is 2. The molecular weight excluding hydrogens is 298 g/mol.